The standard InChI is InChI=1S/C14H10.C3H4N2/c1-3-7-13-11(5-1)9-10-12-6-2-4-8-14(12)13;1-2-5-3-4-1/h1-10H;1-3H,(H,4,5). The van der Waals surface area contributed by atoms with Gasteiger partial charge in [-0.2, -0.15) is 0 Å². The third-order valence-corrected chi connectivity index (χ3v) is 3.06. The molecule has 2 heteroatoms. The molecular weight excluding hydrogens is 232 g/mol. The van der Waals surface area contributed by atoms with E-state index in [-0.39, 0.29) is 0 Å². The summed E-state index contributed by atoms with van der Waals surface area (Å²) in [5.41, 5.74) is 0. The maximum atomic E-state index is 3.67. The molecule has 1 N–H and O–H groups in total. The molecule has 0 aliphatic carbocycles. The third-order valence-electron chi connectivity index (χ3n) is 3.06. The van der Waals surface area contributed by atoms with Gasteiger partial charge < -0.3 is 4.98 Å². The average Bonchev–Trinajstić information content (AvgIpc) is 3.07. The van der Waals surface area contributed by atoms with Gasteiger partial charge in [0.15, 0.2) is 0 Å². The van der Waals surface area contributed by atoms with Crippen molar-refractivity contribution < 1.29 is 0 Å². The highest BCUT2D eigenvalue weighted by molar-refractivity contribution is 6.07. The minimum atomic E-state index is 1.31. The Hall–Kier alpha value is -2.61. The second-order valence-electron chi connectivity index (χ2n) is 4.27. The summed E-state index contributed by atoms with van der Waals surface area (Å²) in [5.74, 6) is 0. The number of nitrogens with zero attached hydrogens (tertiary/aromatic N) is 1. The first-order valence-corrected chi connectivity index (χ1v) is 6.24. The Morgan fingerprint density at radius 3 is 1.68 bits per heavy atom. The van der Waals surface area contributed by atoms with E-state index in [2.05, 4.69) is 70.6 Å². The van der Waals surface area contributed by atoms with Crippen LogP contribution in [0, 0.1) is 0 Å². The third kappa shape index (κ3) is 2.47. The number of fused-ring (bicyclic) bond motifs is 3. The Bertz CT molecular complexity index is 701. The second-order valence-corrected chi connectivity index (χ2v) is 4.27. The Morgan fingerprint density at radius 1 is 0.684 bits per heavy atom. The molecule has 92 valence electrons. The topological polar surface area (TPSA) is 28.7 Å². The van der Waals surface area contributed by atoms with Gasteiger partial charge in [0.2, 0.25) is 0 Å². The Morgan fingerprint density at radius 2 is 1.26 bits per heavy atom. The van der Waals surface area contributed by atoms with Crippen molar-refractivity contribution in [3.8, 4) is 0 Å². The fourth-order valence-electron chi connectivity index (χ4n) is 2.17. The molecule has 4 aromatic rings. The minimum Gasteiger partial charge on any atom is -0.351 e. The molecule has 0 aliphatic rings. The predicted molar refractivity (Wildman–Crippen MR) is 80.0 cm³/mol. The Kier molecular flexibility index (Phi) is 3.24. The lowest BCUT2D eigenvalue weighted by atomic mass is 10.0. The van der Waals surface area contributed by atoms with Gasteiger partial charge in [-0.3, -0.25) is 0 Å². The monoisotopic (exact) mass is 246 g/mol. The summed E-state index contributed by atoms with van der Waals surface area (Å²) in [6.07, 6.45) is 5.08. The molecule has 0 bridgehead atoms. The van der Waals surface area contributed by atoms with Crippen molar-refractivity contribution in [3.63, 3.8) is 0 Å². The highest BCUT2D eigenvalue weighted by Crippen LogP contribution is 2.24. The van der Waals surface area contributed by atoms with Gasteiger partial charge in [-0.1, -0.05) is 60.7 Å². The van der Waals surface area contributed by atoms with Crippen LogP contribution in [0.3, 0.4) is 0 Å². The van der Waals surface area contributed by atoms with Gasteiger partial charge in [-0.25, -0.2) is 4.98 Å². The summed E-state index contributed by atoms with van der Waals surface area (Å²) in [6, 6.07) is 21.4. The highest BCUT2D eigenvalue weighted by Gasteiger charge is 1.97. The summed E-state index contributed by atoms with van der Waals surface area (Å²) < 4.78 is 0. The molecule has 0 radical (unpaired) electrons. The molecule has 0 saturated carbocycles. The number of benzene rings is 3. The van der Waals surface area contributed by atoms with Crippen LogP contribution in [0.1, 0.15) is 0 Å². The smallest absolute Gasteiger partial charge is 0.0919 e. The van der Waals surface area contributed by atoms with Crippen molar-refractivity contribution in [1.82, 2.24) is 9.97 Å². The number of aromatic nitrogens is 2. The zero-order valence-electron chi connectivity index (χ0n) is 10.5. The van der Waals surface area contributed by atoms with Crippen LogP contribution >= 0.6 is 0 Å². The number of rotatable bonds is 0. The molecule has 0 saturated heterocycles. The molecule has 19 heavy (non-hydrogen) atoms. The van der Waals surface area contributed by atoms with Crippen molar-refractivity contribution in [2.24, 2.45) is 0 Å². The number of hydrogen-bond acceptors (Lipinski definition) is 1. The predicted octanol–water partition coefficient (Wildman–Crippen LogP) is 4.40. The van der Waals surface area contributed by atoms with E-state index in [0.29, 0.717) is 0 Å². The van der Waals surface area contributed by atoms with Gasteiger partial charge in [0.05, 0.1) is 6.33 Å². The van der Waals surface area contributed by atoms with Crippen LogP contribution in [0.2, 0.25) is 0 Å². The molecule has 0 spiro atoms. The Labute approximate surface area is 111 Å². The largest absolute Gasteiger partial charge is 0.351 e. The lowest BCUT2D eigenvalue weighted by molar-refractivity contribution is 1.31. The molecule has 0 atom stereocenters. The number of nitrogens with one attached hydrogen (secondary N) is 1. The molecule has 0 amide bonds. The van der Waals surface area contributed by atoms with E-state index in [1.54, 1.807) is 18.7 Å². The molecule has 0 unspecified atom stereocenters. The first-order valence-electron chi connectivity index (χ1n) is 6.24. The molecule has 2 nitrogen and oxygen atoms in total. The zero-order chi connectivity index (χ0) is 12.9. The van der Waals surface area contributed by atoms with Crippen LogP contribution in [0.5, 0.6) is 0 Å². The Balaban J connectivity index is 0.000000187. The van der Waals surface area contributed by atoms with Gasteiger partial charge in [0, 0.05) is 12.4 Å². The SMILES string of the molecule is c1c[nH]cn1.c1ccc2c(c1)ccc1ccccc12. The first-order chi connectivity index (χ1) is 9.45. The maximum Gasteiger partial charge on any atom is 0.0919 e. The van der Waals surface area contributed by atoms with Gasteiger partial charge in [-0.05, 0) is 21.5 Å². The van der Waals surface area contributed by atoms with E-state index >= 15 is 0 Å². The zero-order valence-corrected chi connectivity index (χ0v) is 10.5. The molecule has 0 aliphatic heterocycles. The van der Waals surface area contributed by atoms with Crippen molar-refractivity contribution in [2.75, 3.05) is 0 Å². The van der Waals surface area contributed by atoms with Crippen LogP contribution in [0.15, 0.2) is 79.4 Å². The van der Waals surface area contributed by atoms with E-state index < -0.39 is 0 Å². The molecule has 1 aromatic heterocycles. The second kappa shape index (κ2) is 5.36. The molecule has 4 rings (SSSR count). The van der Waals surface area contributed by atoms with E-state index in [0.717, 1.165) is 0 Å². The van der Waals surface area contributed by atoms with Crippen LogP contribution in [0.25, 0.3) is 21.5 Å². The van der Waals surface area contributed by atoms with Gasteiger partial charge in [0.25, 0.3) is 0 Å². The lowest BCUT2D eigenvalue weighted by Gasteiger charge is -2.02. The summed E-state index contributed by atoms with van der Waals surface area (Å²) in [6.45, 7) is 0. The van der Waals surface area contributed by atoms with Gasteiger partial charge in [-0.15, -0.1) is 0 Å². The highest BCUT2D eigenvalue weighted by atomic mass is 14.8. The van der Waals surface area contributed by atoms with Crippen LogP contribution in [-0.4, -0.2) is 9.97 Å². The van der Waals surface area contributed by atoms with Crippen molar-refractivity contribution in [3.05, 3.63) is 79.4 Å². The van der Waals surface area contributed by atoms with Crippen LogP contribution in [-0.2, 0) is 0 Å². The van der Waals surface area contributed by atoms with Crippen molar-refractivity contribution in [1.29, 1.82) is 0 Å². The summed E-state index contributed by atoms with van der Waals surface area (Å²) in [7, 11) is 0. The van der Waals surface area contributed by atoms with Gasteiger partial charge >= 0.3 is 0 Å². The molecule has 1 heterocycles. The van der Waals surface area contributed by atoms with E-state index in [9.17, 15) is 0 Å². The average molecular weight is 246 g/mol. The number of H-pyrrole nitrogens is 1. The van der Waals surface area contributed by atoms with E-state index in [1.165, 1.54) is 21.5 Å². The maximum absolute atomic E-state index is 3.67. The molecule has 0 fully saturated rings. The van der Waals surface area contributed by atoms with E-state index in [4.69, 9.17) is 0 Å². The molecular formula is C17H14N2. The normalized spacial score (nSPS) is 10.1. The van der Waals surface area contributed by atoms with Crippen molar-refractivity contribution >= 4 is 21.5 Å². The first kappa shape index (κ1) is 11.5. The minimum absolute atomic E-state index is 1.31. The quantitative estimate of drug-likeness (QED) is 0.458. The molecule has 3 aromatic carbocycles. The van der Waals surface area contributed by atoms with E-state index in [1.807, 2.05) is 0 Å². The summed E-state index contributed by atoms with van der Waals surface area (Å²) >= 11 is 0. The van der Waals surface area contributed by atoms with Gasteiger partial charge in [0.1, 0.15) is 0 Å². The van der Waals surface area contributed by atoms with Crippen molar-refractivity contribution in [2.45, 2.75) is 0 Å². The van der Waals surface area contributed by atoms with Crippen LogP contribution in [0.4, 0.5) is 0 Å². The number of aromatic amines is 1. The fourth-order valence-corrected chi connectivity index (χ4v) is 2.17. The fraction of sp³-hybridized carbons (Fsp3) is 0. The lowest BCUT2D eigenvalue weighted by Crippen LogP contribution is -1.75. The van der Waals surface area contributed by atoms with Crippen LogP contribution < -0.4 is 0 Å². The number of imidazole rings is 1. The summed E-state index contributed by atoms with van der Waals surface area (Å²) in [5, 5.41) is 5.30. The summed E-state index contributed by atoms with van der Waals surface area (Å²) in [4.78, 5) is 6.42. The number of hydrogen-bond donors (Lipinski definition) is 1.